The number of rotatable bonds is 4. The van der Waals surface area contributed by atoms with Crippen molar-refractivity contribution in [3.63, 3.8) is 0 Å². The molecule has 1 atom stereocenters. The van der Waals surface area contributed by atoms with E-state index in [9.17, 15) is 19.5 Å². The Morgan fingerprint density at radius 2 is 1.92 bits per heavy atom. The first-order valence-electron chi connectivity index (χ1n) is 7.33. The number of imide groups is 1. The van der Waals surface area contributed by atoms with E-state index in [4.69, 9.17) is 11.6 Å². The van der Waals surface area contributed by atoms with E-state index in [1.165, 1.54) is 18.2 Å². The van der Waals surface area contributed by atoms with Gasteiger partial charge in [-0.1, -0.05) is 29.8 Å². The molecule has 1 saturated heterocycles. The number of anilines is 2. The zero-order valence-electron chi connectivity index (χ0n) is 12.8. The van der Waals surface area contributed by atoms with E-state index in [1.807, 2.05) is 0 Å². The predicted octanol–water partition coefficient (Wildman–Crippen LogP) is 3.64. The van der Waals surface area contributed by atoms with Crippen molar-refractivity contribution < 1.29 is 19.5 Å². The fraction of sp³-hybridized carbons (Fsp3) is 0.118. The van der Waals surface area contributed by atoms with Gasteiger partial charge in [0.1, 0.15) is 11.0 Å². The lowest BCUT2D eigenvalue weighted by molar-refractivity contribution is -0.121. The second-order valence-corrected chi connectivity index (χ2v) is 6.89. The standard InChI is InChI=1S/C17H13ClN2O4S/c18-10-6-7-13(21)12(8-10)19-15(22)9-14-16(23)20(17(24)25-14)11-4-2-1-3-5-11/h1-8,14,21H,9H2,(H,19,22). The van der Waals surface area contributed by atoms with Crippen LogP contribution in [0.5, 0.6) is 5.75 Å². The van der Waals surface area contributed by atoms with Crippen LogP contribution >= 0.6 is 23.4 Å². The predicted molar refractivity (Wildman–Crippen MR) is 97.1 cm³/mol. The highest BCUT2D eigenvalue weighted by Crippen LogP contribution is 2.34. The topological polar surface area (TPSA) is 86.7 Å². The Kier molecular flexibility index (Phi) is 4.96. The largest absolute Gasteiger partial charge is 0.506 e. The molecule has 25 heavy (non-hydrogen) atoms. The van der Waals surface area contributed by atoms with Crippen molar-refractivity contribution in [3.05, 3.63) is 53.6 Å². The van der Waals surface area contributed by atoms with Crippen molar-refractivity contribution in [2.24, 2.45) is 0 Å². The van der Waals surface area contributed by atoms with E-state index < -0.39 is 22.3 Å². The lowest BCUT2D eigenvalue weighted by atomic mass is 10.2. The van der Waals surface area contributed by atoms with Gasteiger partial charge in [-0.15, -0.1) is 0 Å². The number of nitrogens with zero attached hydrogens (tertiary/aromatic N) is 1. The van der Waals surface area contributed by atoms with E-state index in [2.05, 4.69) is 5.32 Å². The van der Waals surface area contributed by atoms with Crippen LogP contribution in [0.2, 0.25) is 5.02 Å². The van der Waals surface area contributed by atoms with Crippen LogP contribution in [0.4, 0.5) is 16.2 Å². The highest BCUT2D eigenvalue weighted by molar-refractivity contribution is 8.15. The van der Waals surface area contributed by atoms with Crippen molar-refractivity contribution in [2.45, 2.75) is 11.7 Å². The molecule has 128 valence electrons. The van der Waals surface area contributed by atoms with Gasteiger partial charge < -0.3 is 10.4 Å². The number of carbonyl (C=O) groups excluding carboxylic acids is 3. The molecule has 1 heterocycles. The molecule has 0 spiro atoms. The first-order valence-corrected chi connectivity index (χ1v) is 8.59. The monoisotopic (exact) mass is 376 g/mol. The van der Waals surface area contributed by atoms with Gasteiger partial charge in [-0.25, -0.2) is 4.90 Å². The maximum Gasteiger partial charge on any atom is 0.293 e. The molecular weight excluding hydrogens is 364 g/mol. The highest BCUT2D eigenvalue weighted by Gasteiger charge is 2.41. The molecule has 0 radical (unpaired) electrons. The average Bonchev–Trinajstić information content (AvgIpc) is 2.85. The number of benzene rings is 2. The zero-order valence-corrected chi connectivity index (χ0v) is 14.4. The number of thioether (sulfide) groups is 1. The van der Waals surface area contributed by atoms with Crippen LogP contribution in [0.25, 0.3) is 0 Å². The Morgan fingerprint density at radius 1 is 1.20 bits per heavy atom. The van der Waals surface area contributed by atoms with Crippen LogP contribution < -0.4 is 10.2 Å². The Labute approximate surface area is 152 Å². The molecule has 2 aromatic rings. The number of nitrogens with one attached hydrogen (secondary N) is 1. The number of halogens is 1. The third kappa shape index (κ3) is 3.78. The summed E-state index contributed by atoms with van der Waals surface area (Å²) in [4.78, 5) is 37.8. The summed E-state index contributed by atoms with van der Waals surface area (Å²) in [5.41, 5.74) is 0.625. The minimum absolute atomic E-state index is 0.134. The Hall–Kier alpha value is -2.51. The van der Waals surface area contributed by atoms with Gasteiger partial charge in [0.25, 0.3) is 5.24 Å². The van der Waals surface area contributed by atoms with Gasteiger partial charge in [0.05, 0.1) is 11.4 Å². The fourth-order valence-corrected chi connectivity index (χ4v) is 3.53. The molecule has 0 saturated carbocycles. The van der Waals surface area contributed by atoms with Crippen LogP contribution in [0.15, 0.2) is 48.5 Å². The van der Waals surface area contributed by atoms with Crippen LogP contribution in [-0.4, -0.2) is 27.4 Å². The summed E-state index contributed by atoms with van der Waals surface area (Å²) >= 11 is 6.64. The molecule has 1 aliphatic rings. The van der Waals surface area contributed by atoms with E-state index in [-0.39, 0.29) is 17.9 Å². The van der Waals surface area contributed by atoms with Crippen LogP contribution in [0.1, 0.15) is 6.42 Å². The molecule has 1 unspecified atom stereocenters. The van der Waals surface area contributed by atoms with Crippen LogP contribution in [-0.2, 0) is 9.59 Å². The normalized spacial score (nSPS) is 17.0. The van der Waals surface area contributed by atoms with Crippen molar-refractivity contribution >= 4 is 51.8 Å². The molecule has 6 nitrogen and oxygen atoms in total. The van der Waals surface area contributed by atoms with Gasteiger partial charge in [0.2, 0.25) is 11.8 Å². The molecule has 0 aliphatic carbocycles. The molecular formula is C17H13ClN2O4S. The van der Waals surface area contributed by atoms with Gasteiger partial charge in [-0.2, -0.15) is 0 Å². The number of carbonyl (C=O) groups is 3. The highest BCUT2D eigenvalue weighted by atomic mass is 35.5. The molecule has 8 heteroatoms. The Balaban J connectivity index is 1.69. The maximum atomic E-state index is 12.5. The molecule has 0 bridgehead atoms. The number of amides is 3. The third-order valence-corrected chi connectivity index (χ3v) is 4.81. The summed E-state index contributed by atoms with van der Waals surface area (Å²) in [6.07, 6.45) is -0.190. The lowest BCUT2D eigenvalue weighted by Crippen LogP contribution is -2.32. The van der Waals surface area contributed by atoms with Gasteiger partial charge in [-0.3, -0.25) is 14.4 Å². The second-order valence-electron chi connectivity index (χ2n) is 5.30. The quantitative estimate of drug-likeness (QED) is 0.795. The van der Waals surface area contributed by atoms with Crippen molar-refractivity contribution in [1.29, 1.82) is 0 Å². The number of phenols is 1. The summed E-state index contributed by atoms with van der Waals surface area (Å²) in [7, 11) is 0. The van der Waals surface area contributed by atoms with Gasteiger partial charge >= 0.3 is 0 Å². The first-order chi connectivity index (χ1) is 12.0. The molecule has 1 aliphatic heterocycles. The maximum absolute atomic E-state index is 12.5. The molecule has 0 aromatic heterocycles. The van der Waals surface area contributed by atoms with Gasteiger partial charge in [-0.05, 0) is 42.1 Å². The summed E-state index contributed by atoms with van der Waals surface area (Å²) < 4.78 is 0. The summed E-state index contributed by atoms with van der Waals surface area (Å²) in [6, 6.07) is 12.8. The van der Waals surface area contributed by atoms with Crippen molar-refractivity contribution in [1.82, 2.24) is 0 Å². The van der Waals surface area contributed by atoms with Crippen molar-refractivity contribution in [3.8, 4) is 5.75 Å². The van der Waals surface area contributed by atoms with Crippen LogP contribution in [0, 0.1) is 0 Å². The molecule has 3 rings (SSSR count). The minimum Gasteiger partial charge on any atom is -0.506 e. The number of hydrogen-bond acceptors (Lipinski definition) is 5. The smallest absolute Gasteiger partial charge is 0.293 e. The summed E-state index contributed by atoms with van der Waals surface area (Å²) in [6.45, 7) is 0. The fourth-order valence-electron chi connectivity index (χ4n) is 2.38. The summed E-state index contributed by atoms with van der Waals surface area (Å²) in [5.74, 6) is -1.07. The second kappa shape index (κ2) is 7.16. The first kappa shape index (κ1) is 17.3. The molecule has 1 fully saturated rings. The third-order valence-electron chi connectivity index (χ3n) is 3.54. The number of aromatic hydroxyl groups is 1. The zero-order chi connectivity index (χ0) is 18.0. The van der Waals surface area contributed by atoms with E-state index in [1.54, 1.807) is 30.3 Å². The van der Waals surface area contributed by atoms with Gasteiger partial charge in [0, 0.05) is 11.4 Å². The lowest BCUT2D eigenvalue weighted by Gasteiger charge is -2.13. The number of phenolic OH excluding ortho intramolecular Hbond substituents is 1. The number of para-hydroxylation sites is 1. The Morgan fingerprint density at radius 3 is 2.64 bits per heavy atom. The minimum atomic E-state index is -0.811. The molecule has 2 aromatic carbocycles. The molecule has 2 N–H and O–H groups in total. The van der Waals surface area contributed by atoms with Gasteiger partial charge in [0.15, 0.2) is 0 Å². The van der Waals surface area contributed by atoms with Crippen LogP contribution in [0.3, 0.4) is 0 Å². The van der Waals surface area contributed by atoms with E-state index in [0.717, 1.165) is 16.7 Å². The molecule has 3 amide bonds. The number of hydrogen-bond donors (Lipinski definition) is 2. The van der Waals surface area contributed by atoms with E-state index in [0.29, 0.717) is 10.7 Å². The Bertz CT molecular complexity index is 844. The summed E-state index contributed by atoms with van der Waals surface area (Å²) in [5, 5.41) is 11.3. The van der Waals surface area contributed by atoms with Crippen molar-refractivity contribution in [2.75, 3.05) is 10.2 Å². The SMILES string of the molecule is O=C(CC1SC(=O)N(c2ccccc2)C1=O)Nc1cc(Cl)ccc1O. The van der Waals surface area contributed by atoms with E-state index >= 15 is 0 Å². The average molecular weight is 377 g/mol.